The first-order chi connectivity index (χ1) is 24.5. The number of nitrogens with zero attached hydrogens (tertiary/aromatic N) is 2. The molecular weight excluding hydrogens is 625 g/mol. The van der Waals surface area contributed by atoms with Crippen molar-refractivity contribution in [2.75, 3.05) is 0 Å². The second-order valence-corrected chi connectivity index (χ2v) is 14.8. The highest BCUT2D eigenvalue weighted by Crippen LogP contribution is 2.50. The number of thiophene rings is 1. The Morgan fingerprint density at radius 1 is 0.420 bits per heavy atom. The highest BCUT2D eigenvalue weighted by molar-refractivity contribution is 7.25. The first kappa shape index (κ1) is 29.1. The number of aromatic nitrogens is 2. The molecule has 0 unspecified atom stereocenters. The van der Waals surface area contributed by atoms with Crippen molar-refractivity contribution in [1.29, 1.82) is 0 Å². The minimum atomic E-state index is -0.0167. The van der Waals surface area contributed by atoms with Gasteiger partial charge in [0.2, 0.25) is 0 Å². The Balaban J connectivity index is 1.18. The number of hydrogen-bond donors (Lipinski definition) is 0. The molecule has 0 saturated heterocycles. The summed E-state index contributed by atoms with van der Waals surface area (Å²) in [5.41, 5.74) is 13.0. The Bertz CT molecular complexity index is 2790. The predicted molar refractivity (Wildman–Crippen MR) is 212 cm³/mol. The molecule has 0 spiro atoms. The Morgan fingerprint density at radius 3 is 1.88 bits per heavy atom. The molecule has 2 heterocycles. The van der Waals surface area contributed by atoms with E-state index >= 15 is 0 Å². The SMILES string of the molecule is CC1(C)c2ccccc2-c2cc(-c3ccc(-c4cc(-c5cccc6sc7ccccc7c56)nc(-c5ccccc5)n4)c4ccccc34)ccc21. The van der Waals surface area contributed by atoms with Crippen LogP contribution in [0.15, 0.2) is 158 Å². The van der Waals surface area contributed by atoms with Crippen molar-refractivity contribution in [3.05, 3.63) is 169 Å². The molecule has 0 amide bonds. The van der Waals surface area contributed by atoms with Gasteiger partial charge in [0, 0.05) is 42.3 Å². The van der Waals surface area contributed by atoms with E-state index in [4.69, 9.17) is 9.97 Å². The fourth-order valence-corrected chi connectivity index (χ4v) is 9.22. The third kappa shape index (κ3) is 4.40. The summed E-state index contributed by atoms with van der Waals surface area (Å²) in [7, 11) is 0. The molecule has 0 fully saturated rings. The molecule has 50 heavy (non-hydrogen) atoms. The fraction of sp³-hybridized carbons (Fsp3) is 0.0638. The molecule has 0 bridgehead atoms. The highest BCUT2D eigenvalue weighted by Gasteiger charge is 2.35. The van der Waals surface area contributed by atoms with Gasteiger partial charge in [0.1, 0.15) is 0 Å². The summed E-state index contributed by atoms with van der Waals surface area (Å²) in [6.45, 7) is 4.67. The molecule has 1 aliphatic carbocycles. The summed E-state index contributed by atoms with van der Waals surface area (Å²) in [5.74, 6) is 0.725. The van der Waals surface area contributed by atoms with Gasteiger partial charge in [-0.25, -0.2) is 9.97 Å². The van der Waals surface area contributed by atoms with E-state index in [0.717, 1.165) is 33.9 Å². The largest absolute Gasteiger partial charge is 0.228 e. The van der Waals surface area contributed by atoms with Crippen LogP contribution in [0, 0.1) is 0 Å². The quantitative estimate of drug-likeness (QED) is 0.188. The molecule has 3 heteroatoms. The van der Waals surface area contributed by atoms with Crippen LogP contribution in [0.3, 0.4) is 0 Å². The third-order valence-electron chi connectivity index (χ3n) is 10.5. The van der Waals surface area contributed by atoms with Gasteiger partial charge in [0.15, 0.2) is 5.82 Å². The van der Waals surface area contributed by atoms with Crippen LogP contribution in [-0.2, 0) is 5.41 Å². The number of rotatable bonds is 4. The zero-order chi connectivity index (χ0) is 33.4. The number of hydrogen-bond acceptors (Lipinski definition) is 3. The highest BCUT2D eigenvalue weighted by atomic mass is 32.1. The van der Waals surface area contributed by atoms with Crippen molar-refractivity contribution in [3.8, 4) is 56.2 Å². The molecule has 2 aromatic heterocycles. The summed E-state index contributed by atoms with van der Waals surface area (Å²) in [6.07, 6.45) is 0. The van der Waals surface area contributed by atoms with Crippen LogP contribution in [0.1, 0.15) is 25.0 Å². The molecule has 0 saturated carbocycles. The van der Waals surface area contributed by atoms with E-state index in [0.29, 0.717) is 0 Å². The molecule has 236 valence electrons. The van der Waals surface area contributed by atoms with Crippen LogP contribution in [0.25, 0.3) is 87.1 Å². The van der Waals surface area contributed by atoms with Gasteiger partial charge in [-0.3, -0.25) is 0 Å². The van der Waals surface area contributed by atoms with Crippen molar-refractivity contribution in [2.45, 2.75) is 19.3 Å². The lowest BCUT2D eigenvalue weighted by Gasteiger charge is -2.21. The smallest absolute Gasteiger partial charge is 0.160 e. The molecule has 0 radical (unpaired) electrons. The molecule has 9 aromatic rings. The van der Waals surface area contributed by atoms with Gasteiger partial charge >= 0.3 is 0 Å². The number of benzene rings is 7. The maximum atomic E-state index is 5.26. The van der Waals surface area contributed by atoms with Crippen LogP contribution < -0.4 is 0 Å². The summed E-state index contributed by atoms with van der Waals surface area (Å²) >= 11 is 1.83. The van der Waals surface area contributed by atoms with Gasteiger partial charge in [-0.15, -0.1) is 11.3 Å². The first-order valence-electron chi connectivity index (χ1n) is 17.2. The molecule has 10 rings (SSSR count). The Labute approximate surface area is 295 Å². The van der Waals surface area contributed by atoms with Crippen molar-refractivity contribution in [1.82, 2.24) is 9.97 Å². The number of fused-ring (bicyclic) bond motifs is 7. The second kappa shape index (κ2) is 11.1. The van der Waals surface area contributed by atoms with Crippen LogP contribution in [0.4, 0.5) is 0 Å². The van der Waals surface area contributed by atoms with E-state index in [1.165, 1.54) is 64.3 Å². The van der Waals surface area contributed by atoms with Gasteiger partial charge in [-0.2, -0.15) is 0 Å². The van der Waals surface area contributed by atoms with Crippen molar-refractivity contribution >= 4 is 42.3 Å². The molecule has 2 nitrogen and oxygen atoms in total. The average molecular weight is 657 g/mol. The van der Waals surface area contributed by atoms with E-state index < -0.39 is 0 Å². The standard InChI is InChI=1S/C47H32N2S/c1-47(2)39-20-10-8-17-34(39)38-27-30(23-26-40(38)47)31-24-25-35(33-16-7-6-15-32(31)33)41-28-42(49-46(48-41)29-13-4-3-5-14-29)36-19-12-22-44-45(36)37-18-9-11-21-43(37)50-44/h3-28H,1-2H3. The van der Waals surface area contributed by atoms with Gasteiger partial charge < -0.3 is 0 Å². The molecule has 1 aliphatic rings. The maximum absolute atomic E-state index is 5.26. The average Bonchev–Trinajstić information content (AvgIpc) is 3.66. The molecular formula is C47H32N2S. The van der Waals surface area contributed by atoms with Gasteiger partial charge in [-0.05, 0) is 68.4 Å². The normalized spacial score (nSPS) is 13.2. The predicted octanol–water partition coefficient (Wildman–Crippen LogP) is 13.0. The van der Waals surface area contributed by atoms with E-state index in [1.54, 1.807) is 0 Å². The zero-order valence-corrected chi connectivity index (χ0v) is 28.6. The van der Waals surface area contributed by atoms with Gasteiger partial charge in [-0.1, -0.05) is 147 Å². The Hall–Kier alpha value is -5.90. The zero-order valence-electron chi connectivity index (χ0n) is 27.8. The van der Waals surface area contributed by atoms with Gasteiger partial charge in [0.25, 0.3) is 0 Å². The topological polar surface area (TPSA) is 25.8 Å². The molecule has 0 atom stereocenters. The summed E-state index contributed by atoms with van der Waals surface area (Å²) < 4.78 is 2.55. The van der Waals surface area contributed by atoms with Crippen molar-refractivity contribution in [3.63, 3.8) is 0 Å². The summed E-state index contributed by atoms with van der Waals surface area (Å²) in [4.78, 5) is 10.5. The fourth-order valence-electron chi connectivity index (χ4n) is 8.09. The van der Waals surface area contributed by atoms with E-state index in [2.05, 4.69) is 166 Å². The van der Waals surface area contributed by atoms with Crippen LogP contribution >= 0.6 is 11.3 Å². The maximum Gasteiger partial charge on any atom is 0.160 e. The van der Waals surface area contributed by atoms with Crippen LogP contribution in [0.5, 0.6) is 0 Å². The Kier molecular flexibility index (Phi) is 6.43. The van der Waals surface area contributed by atoms with Crippen molar-refractivity contribution in [2.24, 2.45) is 0 Å². The Morgan fingerprint density at radius 2 is 1.04 bits per heavy atom. The van der Waals surface area contributed by atoms with Crippen LogP contribution in [-0.4, -0.2) is 9.97 Å². The molecule has 0 N–H and O–H groups in total. The minimum Gasteiger partial charge on any atom is -0.228 e. The van der Waals surface area contributed by atoms with Crippen LogP contribution in [0.2, 0.25) is 0 Å². The summed E-state index contributed by atoms with van der Waals surface area (Å²) in [6, 6.07) is 57.0. The minimum absolute atomic E-state index is 0.0167. The second-order valence-electron chi connectivity index (χ2n) is 13.7. The first-order valence-corrected chi connectivity index (χ1v) is 18.0. The lowest BCUT2D eigenvalue weighted by Crippen LogP contribution is -2.14. The molecule has 7 aromatic carbocycles. The van der Waals surface area contributed by atoms with E-state index in [-0.39, 0.29) is 5.41 Å². The van der Waals surface area contributed by atoms with Crippen molar-refractivity contribution < 1.29 is 0 Å². The molecule has 0 aliphatic heterocycles. The monoisotopic (exact) mass is 656 g/mol. The lowest BCUT2D eigenvalue weighted by atomic mass is 9.82. The van der Waals surface area contributed by atoms with E-state index in [9.17, 15) is 0 Å². The lowest BCUT2D eigenvalue weighted by molar-refractivity contribution is 0.660. The summed E-state index contributed by atoms with van der Waals surface area (Å²) in [5, 5.41) is 4.90. The van der Waals surface area contributed by atoms with Gasteiger partial charge in [0.05, 0.1) is 11.4 Å². The third-order valence-corrected chi connectivity index (χ3v) is 11.7. The van der Waals surface area contributed by atoms with E-state index in [1.807, 2.05) is 17.4 Å².